The maximum Gasteiger partial charge on any atom is 0.218 e. The SMILES string of the molecule is CCn1c(CN(C)S(=O)(=O)Cc2ccccc2)nc2ccccc21. The molecule has 0 spiro atoms. The molecule has 3 aromatic rings. The second kappa shape index (κ2) is 6.75. The quantitative estimate of drug-likeness (QED) is 0.691. The van der Waals surface area contributed by atoms with E-state index in [0.717, 1.165) is 29.0 Å². The van der Waals surface area contributed by atoms with Gasteiger partial charge in [-0.2, -0.15) is 4.31 Å². The van der Waals surface area contributed by atoms with E-state index in [-0.39, 0.29) is 12.3 Å². The smallest absolute Gasteiger partial charge is 0.218 e. The fourth-order valence-corrected chi connectivity index (χ4v) is 3.94. The van der Waals surface area contributed by atoms with E-state index in [9.17, 15) is 8.42 Å². The molecule has 1 heterocycles. The Kier molecular flexibility index (Phi) is 4.69. The molecule has 0 saturated heterocycles. The van der Waals surface area contributed by atoms with Gasteiger partial charge in [0.2, 0.25) is 10.0 Å². The molecule has 3 rings (SSSR count). The molecule has 126 valence electrons. The van der Waals surface area contributed by atoms with E-state index in [1.165, 1.54) is 4.31 Å². The summed E-state index contributed by atoms with van der Waals surface area (Å²) in [5.74, 6) is 0.759. The Balaban J connectivity index is 1.85. The van der Waals surface area contributed by atoms with E-state index in [1.54, 1.807) is 7.05 Å². The van der Waals surface area contributed by atoms with Crippen molar-refractivity contribution in [1.82, 2.24) is 13.9 Å². The summed E-state index contributed by atoms with van der Waals surface area (Å²) in [5.41, 5.74) is 2.71. The predicted molar refractivity (Wildman–Crippen MR) is 95.9 cm³/mol. The standard InChI is InChI=1S/C18H21N3O2S/c1-3-21-17-12-8-7-11-16(17)19-18(21)13-20(2)24(22,23)14-15-9-5-4-6-10-15/h4-12H,3,13-14H2,1-2H3. The molecule has 0 fully saturated rings. The van der Waals surface area contributed by atoms with E-state index in [2.05, 4.69) is 9.55 Å². The monoisotopic (exact) mass is 343 g/mol. The van der Waals surface area contributed by atoms with Gasteiger partial charge in [-0.25, -0.2) is 13.4 Å². The van der Waals surface area contributed by atoms with Crippen LogP contribution in [0.2, 0.25) is 0 Å². The van der Waals surface area contributed by atoms with Crippen molar-refractivity contribution >= 4 is 21.1 Å². The van der Waals surface area contributed by atoms with Crippen LogP contribution in [0.25, 0.3) is 11.0 Å². The van der Waals surface area contributed by atoms with Gasteiger partial charge in [-0.05, 0) is 24.6 Å². The van der Waals surface area contributed by atoms with Crippen molar-refractivity contribution in [3.8, 4) is 0 Å². The number of hydrogen-bond acceptors (Lipinski definition) is 3. The van der Waals surface area contributed by atoms with E-state index in [4.69, 9.17) is 0 Å². The molecule has 0 aliphatic rings. The number of fused-ring (bicyclic) bond motifs is 1. The Bertz CT molecular complexity index is 933. The number of rotatable bonds is 6. The topological polar surface area (TPSA) is 55.2 Å². The summed E-state index contributed by atoms with van der Waals surface area (Å²) in [4.78, 5) is 4.60. The minimum atomic E-state index is -3.39. The second-order valence-electron chi connectivity index (χ2n) is 5.76. The number of imidazole rings is 1. The Morgan fingerprint density at radius 2 is 1.71 bits per heavy atom. The second-order valence-corrected chi connectivity index (χ2v) is 7.83. The van der Waals surface area contributed by atoms with E-state index in [1.807, 2.05) is 61.5 Å². The van der Waals surface area contributed by atoms with Crippen LogP contribution in [-0.4, -0.2) is 29.3 Å². The van der Waals surface area contributed by atoms with Crippen LogP contribution in [0.5, 0.6) is 0 Å². The van der Waals surface area contributed by atoms with Crippen LogP contribution >= 0.6 is 0 Å². The fraction of sp³-hybridized carbons (Fsp3) is 0.278. The number of aromatic nitrogens is 2. The van der Waals surface area contributed by atoms with Crippen LogP contribution in [0, 0.1) is 0 Å². The Labute approximate surface area is 142 Å². The third-order valence-electron chi connectivity index (χ3n) is 4.08. The maximum absolute atomic E-state index is 12.6. The van der Waals surface area contributed by atoms with Crippen LogP contribution in [0.1, 0.15) is 18.3 Å². The molecular formula is C18H21N3O2S. The lowest BCUT2D eigenvalue weighted by Crippen LogP contribution is -2.29. The van der Waals surface area contributed by atoms with Gasteiger partial charge in [0.15, 0.2) is 0 Å². The van der Waals surface area contributed by atoms with E-state index < -0.39 is 10.0 Å². The first-order chi connectivity index (χ1) is 11.5. The van der Waals surface area contributed by atoms with Crippen molar-refractivity contribution in [2.45, 2.75) is 25.8 Å². The maximum atomic E-state index is 12.6. The highest BCUT2D eigenvalue weighted by molar-refractivity contribution is 7.88. The summed E-state index contributed by atoms with van der Waals surface area (Å²) in [6.07, 6.45) is 0. The number of aryl methyl sites for hydroxylation is 1. The molecule has 6 heteroatoms. The largest absolute Gasteiger partial charge is 0.327 e. The highest BCUT2D eigenvalue weighted by atomic mass is 32.2. The molecule has 0 unspecified atom stereocenters. The van der Waals surface area contributed by atoms with Gasteiger partial charge in [-0.15, -0.1) is 0 Å². The summed E-state index contributed by atoms with van der Waals surface area (Å²) in [6, 6.07) is 17.1. The summed E-state index contributed by atoms with van der Waals surface area (Å²) >= 11 is 0. The number of hydrogen-bond donors (Lipinski definition) is 0. The number of nitrogens with zero attached hydrogens (tertiary/aromatic N) is 3. The van der Waals surface area contributed by atoms with Crippen molar-refractivity contribution in [2.75, 3.05) is 7.05 Å². The average molecular weight is 343 g/mol. The van der Waals surface area contributed by atoms with Crippen molar-refractivity contribution in [3.05, 3.63) is 66.0 Å². The Morgan fingerprint density at radius 3 is 2.42 bits per heavy atom. The lowest BCUT2D eigenvalue weighted by atomic mass is 10.2. The van der Waals surface area contributed by atoms with Gasteiger partial charge in [0, 0.05) is 13.6 Å². The third kappa shape index (κ3) is 3.34. The summed E-state index contributed by atoms with van der Waals surface area (Å²) < 4.78 is 28.7. The number of sulfonamides is 1. The molecule has 0 aliphatic carbocycles. The van der Waals surface area contributed by atoms with Gasteiger partial charge in [0.05, 0.1) is 23.3 Å². The number of para-hydroxylation sites is 2. The van der Waals surface area contributed by atoms with Crippen LogP contribution in [-0.2, 0) is 28.9 Å². The summed E-state index contributed by atoms with van der Waals surface area (Å²) in [7, 11) is -1.79. The number of benzene rings is 2. The molecule has 0 atom stereocenters. The lowest BCUT2D eigenvalue weighted by molar-refractivity contribution is 0.448. The minimum absolute atomic E-state index is 0.00328. The van der Waals surface area contributed by atoms with Crippen molar-refractivity contribution in [2.24, 2.45) is 0 Å². The highest BCUT2D eigenvalue weighted by Gasteiger charge is 2.21. The average Bonchev–Trinajstić information content (AvgIpc) is 2.92. The molecule has 24 heavy (non-hydrogen) atoms. The van der Waals surface area contributed by atoms with Gasteiger partial charge in [0.25, 0.3) is 0 Å². The fourth-order valence-electron chi connectivity index (χ4n) is 2.79. The van der Waals surface area contributed by atoms with Gasteiger partial charge in [-0.1, -0.05) is 42.5 Å². The molecule has 0 aliphatic heterocycles. The molecule has 5 nitrogen and oxygen atoms in total. The Hall–Kier alpha value is -2.18. The zero-order valence-electron chi connectivity index (χ0n) is 13.9. The molecule has 1 aromatic heterocycles. The summed E-state index contributed by atoms with van der Waals surface area (Å²) in [6.45, 7) is 3.05. The highest BCUT2D eigenvalue weighted by Crippen LogP contribution is 2.18. The van der Waals surface area contributed by atoms with Crippen molar-refractivity contribution in [3.63, 3.8) is 0 Å². The molecule has 0 N–H and O–H groups in total. The van der Waals surface area contributed by atoms with Gasteiger partial charge in [0.1, 0.15) is 5.82 Å². The van der Waals surface area contributed by atoms with Gasteiger partial charge in [-0.3, -0.25) is 0 Å². The zero-order valence-corrected chi connectivity index (χ0v) is 14.7. The van der Waals surface area contributed by atoms with Crippen molar-refractivity contribution < 1.29 is 8.42 Å². The molecule has 0 bridgehead atoms. The van der Waals surface area contributed by atoms with Crippen LogP contribution < -0.4 is 0 Å². The molecular weight excluding hydrogens is 322 g/mol. The van der Waals surface area contributed by atoms with Crippen molar-refractivity contribution in [1.29, 1.82) is 0 Å². The van der Waals surface area contributed by atoms with Gasteiger partial charge < -0.3 is 4.57 Å². The molecule has 0 saturated carbocycles. The summed E-state index contributed by atoms with van der Waals surface area (Å²) in [5, 5.41) is 0. The first-order valence-corrected chi connectivity index (χ1v) is 9.54. The van der Waals surface area contributed by atoms with E-state index >= 15 is 0 Å². The third-order valence-corrected chi connectivity index (χ3v) is 5.86. The predicted octanol–water partition coefficient (Wildman–Crippen LogP) is 3.02. The van der Waals surface area contributed by atoms with Crippen LogP contribution in [0.15, 0.2) is 54.6 Å². The first-order valence-electron chi connectivity index (χ1n) is 7.93. The van der Waals surface area contributed by atoms with Gasteiger partial charge >= 0.3 is 0 Å². The Morgan fingerprint density at radius 1 is 1.04 bits per heavy atom. The van der Waals surface area contributed by atoms with Crippen LogP contribution in [0.3, 0.4) is 0 Å². The zero-order chi connectivity index (χ0) is 17.2. The lowest BCUT2D eigenvalue weighted by Gasteiger charge is -2.17. The van der Waals surface area contributed by atoms with E-state index in [0.29, 0.717) is 0 Å². The molecule has 2 aromatic carbocycles. The minimum Gasteiger partial charge on any atom is -0.327 e. The molecule has 0 radical (unpaired) electrons. The first kappa shape index (κ1) is 16.7. The van der Waals surface area contributed by atoms with Crippen LogP contribution in [0.4, 0.5) is 0 Å². The molecule has 0 amide bonds. The normalized spacial score (nSPS) is 12.1.